The van der Waals surface area contributed by atoms with Gasteiger partial charge in [0.1, 0.15) is 0 Å². The molecule has 1 fully saturated rings. The predicted molar refractivity (Wildman–Crippen MR) is 106 cm³/mol. The average Bonchev–Trinajstić information content (AvgIpc) is 3.29. The molecule has 0 saturated carbocycles. The van der Waals surface area contributed by atoms with Gasteiger partial charge in [0.2, 0.25) is 10.0 Å². The molecule has 2 aromatic rings. The summed E-state index contributed by atoms with van der Waals surface area (Å²) in [4.78, 5) is 15.4. The second-order valence-corrected chi connectivity index (χ2v) is 9.38. The molecule has 4 rings (SSSR count). The predicted octanol–water partition coefficient (Wildman–Crippen LogP) is 3.37. The van der Waals surface area contributed by atoms with Gasteiger partial charge in [-0.25, -0.2) is 8.42 Å². The van der Waals surface area contributed by atoms with Crippen LogP contribution in [0, 0.1) is 6.92 Å². The fourth-order valence-corrected chi connectivity index (χ4v) is 5.62. The van der Waals surface area contributed by atoms with Crippen molar-refractivity contribution < 1.29 is 13.2 Å². The molecule has 0 bridgehead atoms. The van der Waals surface area contributed by atoms with Crippen molar-refractivity contribution in [2.24, 2.45) is 0 Å². The number of anilines is 1. The van der Waals surface area contributed by atoms with Gasteiger partial charge < -0.3 is 4.90 Å². The fourth-order valence-electron chi connectivity index (χ4n) is 4.07. The Morgan fingerprint density at radius 1 is 1.07 bits per heavy atom. The molecule has 0 spiro atoms. The van der Waals surface area contributed by atoms with Crippen molar-refractivity contribution in [3.8, 4) is 0 Å². The zero-order valence-corrected chi connectivity index (χ0v) is 16.5. The van der Waals surface area contributed by atoms with E-state index in [4.69, 9.17) is 0 Å². The van der Waals surface area contributed by atoms with E-state index >= 15 is 0 Å². The second-order valence-electron chi connectivity index (χ2n) is 7.44. The van der Waals surface area contributed by atoms with Crippen molar-refractivity contribution in [2.45, 2.75) is 44.0 Å². The number of benzene rings is 2. The standard InChI is InChI=1S/C21H24N2O3S/c1-15-9-10-18(27(25,26)22-11-5-6-12-22)14-19(15)21(24)23-16(2)13-17-7-3-4-8-20(17)23/h3-4,7-10,14,16H,5-6,11-13H2,1-2H3. The lowest BCUT2D eigenvalue weighted by Gasteiger charge is -2.24. The molecular weight excluding hydrogens is 360 g/mol. The summed E-state index contributed by atoms with van der Waals surface area (Å²) >= 11 is 0. The van der Waals surface area contributed by atoms with E-state index in [2.05, 4.69) is 0 Å². The maximum absolute atomic E-state index is 13.4. The van der Waals surface area contributed by atoms with Gasteiger partial charge in [0.15, 0.2) is 0 Å². The van der Waals surface area contributed by atoms with Gasteiger partial charge in [0, 0.05) is 30.4 Å². The van der Waals surface area contributed by atoms with Crippen LogP contribution in [0.25, 0.3) is 0 Å². The molecule has 2 heterocycles. The number of aryl methyl sites for hydroxylation is 1. The summed E-state index contributed by atoms with van der Waals surface area (Å²) < 4.78 is 27.3. The van der Waals surface area contributed by atoms with Crippen LogP contribution in [-0.4, -0.2) is 37.8 Å². The first-order valence-electron chi connectivity index (χ1n) is 9.42. The van der Waals surface area contributed by atoms with Crippen LogP contribution in [0.1, 0.15) is 41.3 Å². The highest BCUT2D eigenvalue weighted by molar-refractivity contribution is 7.89. The number of rotatable bonds is 3. The second kappa shape index (κ2) is 6.77. The largest absolute Gasteiger partial charge is 0.305 e. The molecule has 2 aliphatic heterocycles. The Morgan fingerprint density at radius 2 is 1.78 bits per heavy atom. The Balaban J connectivity index is 1.73. The minimum Gasteiger partial charge on any atom is -0.305 e. The Bertz CT molecular complexity index is 994. The number of fused-ring (bicyclic) bond motifs is 1. The van der Waals surface area contributed by atoms with Crippen LogP contribution in [-0.2, 0) is 16.4 Å². The number of carbonyl (C=O) groups excluding carboxylic acids is 1. The van der Waals surface area contributed by atoms with Gasteiger partial charge in [0.05, 0.1) is 4.90 Å². The van der Waals surface area contributed by atoms with Gasteiger partial charge in [-0.15, -0.1) is 0 Å². The van der Waals surface area contributed by atoms with Gasteiger partial charge in [-0.2, -0.15) is 4.31 Å². The van der Waals surface area contributed by atoms with Crippen molar-refractivity contribution >= 4 is 21.6 Å². The molecule has 2 aliphatic rings. The topological polar surface area (TPSA) is 57.7 Å². The molecule has 27 heavy (non-hydrogen) atoms. The van der Waals surface area contributed by atoms with Crippen LogP contribution < -0.4 is 4.90 Å². The third kappa shape index (κ3) is 3.07. The molecule has 0 aliphatic carbocycles. The van der Waals surface area contributed by atoms with Gasteiger partial charge in [-0.3, -0.25) is 4.79 Å². The highest BCUT2D eigenvalue weighted by Crippen LogP contribution is 2.34. The van der Waals surface area contributed by atoms with E-state index in [-0.39, 0.29) is 16.8 Å². The van der Waals surface area contributed by atoms with E-state index in [1.54, 1.807) is 23.1 Å². The molecule has 0 radical (unpaired) electrons. The molecule has 0 aromatic heterocycles. The van der Waals surface area contributed by atoms with Crippen LogP contribution in [0.15, 0.2) is 47.4 Å². The first kappa shape index (κ1) is 18.2. The van der Waals surface area contributed by atoms with Crippen LogP contribution in [0.3, 0.4) is 0 Å². The molecule has 1 unspecified atom stereocenters. The Labute approximate surface area is 160 Å². The summed E-state index contributed by atoms with van der Waals surface area (Å²) in [5.74, 6) is -0.136. The van der Waals surface area contributed by atoms with E-state index < -0.39 is 10.0 Å². The van der Waals surface area contributed by atoms with E-state index in [1.807, 2.05) is 38.1 Å². The molecule has 6 heteroatoms. The summed E-state index contributed by atoms with van der Waals surface area (Å²) in [6.07, 6.45) is 2.59. The third-order valence-corrected chi connectivity index (χ3v) is 7.46. The van der Waals surface area contributed by atoms with Crippen LogP contribution >= 0.6 is 0 Å². The number of hydrogen-bond donors (Lipinski definition) is 0. The smallest absolute Gasteiger partial charge is 0.258 e. The van der Waals surface area contributed by atoms with Crippen LogP contribution in [0.4, 0.5) is 5.69 Å². The molecule has 142 valence electrons. The summed E-state index contributed by atoms with van der Waals surface area (Å²) in [5, 5.41) is 0. The number of hydrogen-bond acceptors (Lipinski definition) is 3. The number of amides is 1. The molecule has 1 saturated heterocycles. The Kier molecular flexibility index (Phi) is 4.56. The van der Waals surface area contributed by atoms with Gasteiger partial charge in [-0.1, -0.05) is 24.3 Å². The van der Waals surface area contributed by atoms with Gasteiger partial charge in [-0.05, 0) is 62.4 Å². The average molecular weight is 385 g/mol. The maximum Gasteiger partial charge on any atom is 0.258 e. The van der Waals surface area contributed by atoms with Crippen molar-refractivity contribution in [1.29, 1.82) is 0 Å². The number of carbonyl (C=O) groups is 1. The zero-order valence-electron chi connectivity index (χ0n) is 15.7. The van der Waals surface area contributed by atoms with E-state index in [0.717, 1.165) is 36.1 Å². The van der Waals surface area contributed by atoms with Crippen LogP contribution in [0.5, 0.6) is 0 Å². The van der Waals surface area contributed by atoms with E-state index in [9.17, 15) is 13.2 Å². The van der Waals surface area contributed by atoms with Crippen molar-refractivity contribution in [2.75, 3.05) is 18.0 Å². The quantitative estimate of drug-likeness (QED) is 0.815. The highest BCUT2D eigenvalue weighted by atomic mass is 32.2. The summed E-state index contributed by atoms with van der Waals surface area (Å²) in [6.45, 7) is 4.98. The number of nitrogens with zero attached hydrogens (tertiary/aromatic N) is 2. The summed E-state index contributed by atoms with van der Waals surface area (Å²) in [5.41, 5.74) is 3.31. The van der Waals surface area contributed by atoms with Crippen molar-refractivity contribution in [1.82, 2.24) is 4.31 Å². The van der Waals surface area contributed by atoms with Crippen molar-refractivity contribution in [3.05, 3.63) is 59.2 Å². The monoisotopic (exact) mass is 384 g/mol. The molecule has 1 atom stereocenters. The first-order valence-corrected chi connectivity index (χ1v) is 10.9. The number of sulfonamides is 1. The zero-order chi connectivity index (χ0) is 19.2. The molecule has 1 amide bonds. The highest BCUT2D eigenvalue weighted by Gasteiger charge is 2.33. The minimum absolute atomic E-state index is 0.0492. The summed E-state index contributed by atoms with van der Waals surface area (Å²) in [7, 11) is -3.55. The van der Waals surface area contributed by atoms with Crippen molar-refractivity contribution in [3.63, 3.8) is 0 Å². The lowest BCUT2D eigenvalue weighted by molar-refractivity contribution is 0.0980. The summed E-state index contributed by atoms with van der Waals surface area (Å²) in [6, 6.07) is 12.9. The Hall–Kier alpha value is -2.18. The first-order chi connectivity index (χ1) is 12.9. The molecular formula is C21H24N2O3S. The lowest BCUT2D eigenvalue weighted by Crippen LogP contribution is -2.36. The van der Waals surface area contributed by atoms with Crippen LogP contribution in [0.2, 0.25) is 0 Å². The van der Waals surface area contributed by atoms with E-state index in [1.165, 1.54) is 4.31 Å². The maximum atomic E-state index is 13.4. The minimum atomic E-state index is -3.55. The molecule has 2 aromatic carbocycles. The Morgan fingerprint density at radius 3 is 2.52 bits per heavy atom. The lowest BCUT2D eigenvalue weighted by atomic mass is 10.1. The third-order valence-electron chi connectivity index (χ3n) is 5.57. The van der Waals surface area contributed by atoms with E-state index in [0.29, 0.717) is 18.7 Å². The normalized spacial score (nSPS) is 20.1. The molecule has 5 nitrogen and oxygen atoms in total. The van der Waals surface area contributed by atoms with Gasteiger partial charge >= 0.3 is 0 Å². The number of para-hydroxylation sites is 1. The molecule has 0 N–H and O–H groups in total. The van der Waals surface area contributed by atoms with Gasteiger partial charge in [0.25, 0.3) is 5.91 Å². The fraction of sp³-hybridized carbons (Fsp3) is 0.381. The SMILES string of the molecule is Cc1ccc(S(=O)(=O)N2CCCC2)cc1C(=O)N1c2ccccc2CC1C.